The summed E-state index contributed by atoms with van der Waals surface area (Å²) in [5, 5.41) is 31.6. The molecule has 0 bridgehead atoms. The first-order valence-corrected chi connectivity index (χ1v) is 2.81. The van der Waals surface area contributed by atoms with Gasteiger partial charge in [0.15, 0.2) is 6.29 Å². The molecule has 0 radical (unpaired) electrons. The van der Waals surface area contributed by atoms with Crippen molar-refractivity contribution in [2.45, 2.75) is 19.3 Å². The van der Waals surface area contributed by atoms with E-state index in [1.54, 1.807) is 0 Å². The first-order chi connectivity index (χ1) is 4.91. The average Bonchev–Trinajstić information content (AvgIpc) is 1.89. The van der Waals surface area contributed by atoms with Gasteiger partial charge in [-0.25, -0.2) is 4.79 Å². The molecule has 0 fully saturated rings. The Kier molecular flexibility index (Phi) is 8.34. The fourth-order valence-corrected chi connectivity index (χ4v) is 0. The predicted molar refractivity (Wildman–Crippen MR) is 37.7 cm³/mol. The lowest BCUT2D eigenvalue weighted by Crippen LogP contribution is -2.20. The van der Waals surface area contributed by atoms with Crippen LogP contribution in [0.1, 0.15) is 6.92 Å². The van der Waals surface area contributed by atoms with Gasteiger partial charge >= 0.3 is 5.97 Å². The molecule has 0 aliphatic heterocycles. The van der Waals surface area contributed by atoms with Crippen LogP contribution in [0, 0.1) is 0 Å². The van der Waals surface area contributed by atoms with Crippen molar-refractivity contribution in [2.75, 3.05) is 0 Å². The van der Waals surface area contributed by atoms with Crippen LogP contribution >= 0.6 is 0 Å². The molecule has 0 saturated heterocycles. The Labute approximate surface area is 64.2 Å². The van der Waals surface area contributed by atoms with Crippen molar-refractivity contribution in [2.24, 2.45) is 0 Å². The van der Waals surface area contributed by atoms with Gasteiger partial charge in [-0.3, -0.25) is 0 Å². The summed E-state index contributed by atoms with van der Waals surface area (Å²) in [6.45, 7) is 4.26. The highest BCUT2D eigenvalue weighted by Gasteiger charge is 2.01. The fraction of sp³-hybridized carbons (Fsp3) is 0.500. The molecule has 1 unspecified atom stereocenters. The Balaban J connectivity index is 0. The van der Waals surface area contributed by atoms with Gasteiger partial charge in [0, 0.05) is 6.08 Å². The van der Waals surface area contributed by atoms with Crippen LogP contribution in [0.4, 0.5) is 0 Å². The standard InChI is InChI=1S/C3H8O3.C3H4O2/c1-2(4)3(5)6;1-2-3(4)5/h2-6H,1H3;2H,1H2,(H,4,5). The molecule has 5 heteroatoms. The third kappa shape index (κ3) is 17.6. The predicted octanol–water partition coefficient (Wildman–Crippen LogP) is -1.07. The third-order valence-corrected chi connectivity index (χ3v) is 0.606. The van der Waals surface area contributed by atoms with E-state index >= 15 is 0 Å². The number of rotatable bonds is 2. The van der Waals surface area contributed by atoms with E-state index < -0.39 is 18.4 Å². The zero-order chi connectivity index (χ0) is 9.44. The number of hydrogen-bond acceptors (Lipinski definition) is 4. The van der Waals surface area contributed by atoms with Gasteiger partial charge in [0.1, 0.15) is 6.10 Å². The molecule has 1 atom stereocenters. The number of carboxylic acids is 1. The summed E-state index contributed by atoms with van der Waals surface area (Å²) in [4.78, 5) is 9.25. The molecule has 0 aliphatic rings. The molecule has 0 aliphatic carbocycles. The lowest BCUT2D eigenvalue weighted by atomic mass is 10.4. The molecule has 0 aromatic rings. The molecule has 66 valence electrons. The molecule has 0 aromatic heterocycles. The zero-order valence-electron chi connectivity index (χ0n) is 6.14. The molecular weight excluding hydrogens is 152 g/mol. The molecule has 0 saturated carbocycles. The van der Waals surface area contributed by atoms with Crippen molar-refractivity contribution in [1.82, 2.24) is 0 Å². The first kappa shape index (κ1) is 12.7. The monoisotopic (exact) mass is 164 g/mol. The highest BCUT2D eigenvalue weighted by Crippen LogP contribution is 1.81. The molecule has 11 heavy (non-hydrogen) atoms. The average molecular weight is 164 g/mol. The highest BCUT2D eigenvalue weighted by atomic mass is 16.5. The van der Waals surface area contributed by atoms with Gasteiger partial charge in [0.25, 0.3) is 0 Å². The minimum atomic E-state index is -1.59. The van der Waals surface area contributed by atoms with Crippen LogP contribution in [0.25, 0.3) is 0 Å². The molecular formula is C6H12O5. The number of carboxylic acid groups (broad SMARTS) is 1. The summed E-state index contributed by atoms with van der Waals surface area (Å²) < 4.78 is 0. The molecule has 5 nitrogen and oxygen atoms in total. The zero-order valence-corrected chi connectivity index (χ0v) is 6.14. The van der Waals surface area contributed by atoms with Gasteiger partial charge < -0.3 is 20.4 Å². The Morgan fingerprint density at radius 1 is 1.45 bits per heavy atom. The second-order valence-electron chi connectivity index (χ2n) is 1.70. The van der Waals surface area contributed by atoms with Crippen molar-refractivity contribution < 1.29 is 25.2 Å². The quantitative estimate of drug-likeness (QED) is 0.308. The summed E-state index contributed by atoms with van der Waals surface area (Å²) in [6.07, 6.45) is -1.80. The Morgan fingerprint density at radius 3 is 1.64 bits per heavy atom. The van der Waals surface area contributed by atoms with Crippen molar-refractivity contribution in [3.63, 3.8) is 0 Å². The summed E-state index contributed by atoms with van der Waals surface area (Å²) >= 11 is 0. The molecule has 0 amide bonds. The maximum atomic E-state index is 9.25. The van der Waals surface area contributed by atoms with Gasteiger partial charge in [-0.2, -0.15) is 0 Å². The lowest BCUT2D eigenvalue weighted by Gasteiger charge is -2.02. The topological polar surface area (TPSA) is 98.0 Å². The van der Waals surface area contributed by atoms with Crippen molar-refractivity contribution in [1.29, 1.82) is 0 Å². The maximum Gasteiger partial charge on any atom is 0.327 e. The van der Waals surface area contributed by atoms with E-state index in [1.165, 1.54) is 6.92 Å². The van der Waals surface area contributed by atoms with E-state index in [9.17, 15) is 4.79 Å². The Hall–Kier alpha value is -0.910. The van der Waals surface area contributed by atoms with Crippen LogP contribution in [0.15, 0.2) is 12.7 Å². The smallest absolute Gasteiger partial charge is 0.327 e. The second kappa shape index (κ2) is 7.20. The van der Waals surface area contributed by atoms with Crippen LogP contribution < -0.4 is 0 Å². The van der Waals surface area contributed by atoms with Crippen LogP contribution in [-0.4, -0.2) is 38.8 Å². The maximum absolute atomic E-state index is 9.25. The van der Waals surface area contributed by atoms with Crippen molar-refractivity contribution >= 4 is 5.97 Å². The van der Waals surface area contributed by atoms with Gasteiger partial charge in [-0.05, 0) is 6.92 Å². The van der Waals surface area contributed by atoms with Crippen LogP contribution in [-0.2, 0) is 4.79 Å². The molecule has 0 rings (SSSR count). The summed E-state index contributed by atoms with van der Waals surface area (Å²) in [6, 6.07) is 0. The van der Waals surface area contributed by atoms with E-state index in [1.807, 2.05) is 0 Å². The second-order valence-corrected chi connectivity index (χ2v) is 1.70. The molecule has 0 aromatic carbocycles. The number of aliphatic hydroxyl groups excluding tert-OH is 2. The van der Waals surface area contributed by atoms with Crippen LogP contribution in [0.3, 0.4) is 0 Å². The first-order valence-electron chi connectivity index (χ1n) is 2.81. The van der Waals surface area contributed by atoms with E-state index in [-0.39, 0.29) is 0 Å². The Morgan fingerprint density at radius 2 is 1.64 bits per heavy atom. The number of aliphatic hydroxyl groups is 3. The largest absolute Gasteiger partial charge is 0.478 e. The third-order valence-electron chi connectivity index (χ3n) is 0.606. The summed E-state index contributed by atoms with van der Waals surface area (Å²) in [5.74, 6) is -0.981. The number of aliphatic carboxylic acids is 1. The molecule has 0 spiro atoms. The lowest BCUT2D eigenvalue weighted by molar-refractivity contribution is -0.131. The van der Waals surface area contributed by atoms with E-state index in [0.717, 1.165) is 6.08 Å². The minimum absolute atomic E-state index is 0.833. The van der Waals surface area contributed by atoms with E-state index in [0.29, 0.717) is 0 Å². The summed E-state index contributed by atoms with van der Waals surface area (Å²) in [5.41, 5.74) is 0. The van der Waals surface area contributed by atoms with E-state index in [4.69, 9.17) is 20.4 Å². The van der Waals surface area contributed by atoms with Gasteiger partial charge in [-0.1, -0.05) is 6.58 Å². The van der Waals surface area contributed by atoms with Crippen molar-refractivity contribution in [3.05, 3.63) is 12.7 Å². The molecule has 4 N–H and O–H groups in total. The number of carbonyl (C=O) groups is 1. The summed E-state index contributed by atoms with van der Waals surface area (Å²) in [7, 11) is 0. The van der Waals surface area contributed by atoms with Crippen LogP contribution in [0.2, 0.25) is 0 Å². The van der Waals surface area contributed by atoms with Gasteiger partial charge in [-0.15, -0.1) is 0 Å². The normalized spacial score (nSPS) is 11.4. The molecule has 0 heterocycles. The van der Waals surface area contributed by atoms with E-state index in [2.05, 4.69) is 6.58 Å². The van der Waals surface area contributed by atoms with Gasteiger partial charge in [0.05, 0.1) is 0 Å². The van der Waals surface area contributed by atoms with Crippen molar-refractivity contribution in [3.8, 4) is 0 Å². The SMILES string of the molecule is C=CC(=O)O.CC(O)C(O)O. The number of hydrogen-bond donors (Lipinski definition) is 4. The minimum Gasteiger partial charge on any atom is -0.478 e. The Bertz CT molecular complexity index is 112. The van der Waals surface area contributed by atoms with Gasteiger partial charge in [0.2, 0.25) is 0 Å². The fourth-order valence-electron chi connectivity index (χ4n) is 0. The van der Waals surface area contributed by atoms with Crippen LogP contribution in [0.5, 0.6) is 0 Å². The highest BCUT2D eigenvalue weighted by molar-refractivity contribution is 5.78.